The Morgan fingerprint density at radius 2 is 1.56 bits per heavy atom. The standard InChI is InChI=1S/C24H22N4O6/c29-12-20(23(31)32)28-22(30)14-9-25-21(26-10-14)11-27-24(33)34-13-19-17-7-3-1-5-15(17)16-6-2-4-8-18(16)19/h1-10,19-20,29H,11-13H2,(H,27,33)(H,28,30)(H,31,32)/t20-/m1/s1. The van der Waals surface area contributed by atoms with Crippen molar-refractivity contribution in [3.63, 3.8) is 0 Å². The average Bonchev–Trinajstić information content (AvgIpc) is 3.18. The SMILES string of the molecule is O=C(NCc1ncc(C(=O)N[C@H](CO)C(=O)O)cn1)OCC1c2ccccc2-c2ccccc21. The highest BCUT2D eigenvalue weighted by Crippen LogP contribution is 2.44. The van der Waals surface area contributed by atoms with Crippen molar-refractivity contribution in [1.29, 1.82) is 0 Å². The maximum atomic E-state index is 12.3. The molecule has 1 aliphatic rings. The number of aliphatic carboxylic acids is 1. The molecule has 0 saturated carbocycles. The molecule has 4 N–H and O–H groups in total. The first-order valence-electron chi connectivity index (χ1n) is 10.5. The largest absolute Gasteiger partial charge is 0.480 e. The van der Waals surface area contributed by atoms with E-state index in [4.69, 9.17) is 14.9 Å². The number of nitrogens with one attached hydrogen (secondary N) is 2. The molecule has 0 radical (unpaired) electrons. The molecular weight excluding hydrogens is 440 g/mol. The van der Waals surface area contributed by atoms with Gasteiger partial charge in [0.1, 0.15) is 12.4 Å². The van der Waals surface area contributed by atoms with Crippen LogP contribution in [0.4, 0.5) is 4.79 Å². The summed E-state index contributed by atoms with van der Waals surface area (Å²) in [6, 6.07) is 14.6. The average molecular weight is 462 g/mol. The van der Waals surface area contributed by atoms with Crippen molar-refractivity contribution in [2.45, 2.75) is 18.5 Å². The van der Waals surface area contributed by atoms with Gasteiger partial charge in [-0.1, -0.05) is 48.5 Å². The number of hydrogen-bond acceptors (Lipinski definition) is 7. The first-order valence-corrected chi connectivity index (χ1v) is 10.5. The van der Waals surface area contributed by atoms with Gasteiger partial charge >= 0.3 is 12.1 Å². The molecule has 0 aliphatic heterocycles. The van der Waals surface area contributed by atoms with E-state index in [9.17, 15) is 14.4 Å². The second-order valence-electron chi connectivity index (χ2n) is 7.61. The second kappa shape index (κ2) is 10.1. The summed E-state index contributed by atoms with van der Waals surface area (Å²) in [6.45, 7) is -0.591. The Balaban J connectivity index is 1.30. The first kappa shape index (κ1) is 22.9. The number of carbonyl (C=O) groups excluding carboxylic acids is 2. The Hall–Kier alpha value is -4.31. The number of amides is 2. The Morgan fingerprint density at radius 3 is 2.12 bits per heavy atom. The van der Waals surface area contributed by atoms with Crippen LogP contribution in [0, 0.1) is 0 Å². The summed E-state index contributed by atoms with van der Waals surface area (Å²) >= 11 is 0. The molecule has 0 fully saturated rings. The van der Waals surface area contributed by atoms with E-state index in [1.54, 1.807) is 0 Å². The predicted molar refractivity (Wildman–Crippen MR) is 120 cm³/mol. The topological polar surface area (TPSA) is 151 Å². The minimum atomic E-state index is -1.43. The van der Waals surface area contributed by atoms with Crippen LogP contribution >= 0.6 is 0 Å². The molecule has 2 aromatic carbocycles. The number of aliphatic hydroxyl groups is 1. The van der Waals surface area contributed by atoms with E-state index in [0.29, 0.717) is 0 Å². The number of rotatable bonds is 8. The van der Waals surface area contributed by atoms with Crippen LogP contribution in [-0.2, 0) is 16.1 Å². The van der Waals surface area contributed by atoms with Crippen LogP contribution in [0.1, 0.15) is 33.2 Å². The predicted octanol–water partition coefficient (Wildman–Crippen LogP) is 1.69. The van der Waals surface area contributed by atoms with Gasteiger partial charge in [-0.05, 0) is 22.3 Å². The zero-order valence-corrected chi connectivity index (χ0v) is 18.0. The van der Waals surface area contributed by atoms with Crippen molar-refractivity contribution < 1.29 is 29.3 Å². The van der Waals surface area contributed by atoms with Crippen LogP contribution in [-0.4, -0.2) is 57.4 Å². The molecule has 1 aromatic heterocycles. The van der Waals surface area contributed by atoms with Crippen molar-refractivity contribution in [2.24, 2.45) is 0 Å². The minimum Gasteiger partial charge on any atom is -0.480 e. The molecule has 0 saturated heterocycles. The van der Waals surface area contributed by atoms with Crippen LogP contribution in [0.5, 0.6) is 0 Å². The molecule has 10 nitrogen and oxygen atoms in total. The van der Waals surface area contributed by atoms with E-state index in [2.05, 4.69) is 32.7 Å². The van der Waals surface area contributed by atoms with Crippen molar-refractivity contribution in [3.8, 4) is 11.1 Å². The number of aromatic nitrogens is 2. The second-order valence-corrected chi connectivity index (χ2v) is 7.61. The summed E-state index contributed by atoms with van der Waals surface area (Å²) in [5.74, 6) is -1.92. The maximum Gasteiger partial charge on any atom is 0.407 e. The van der Waals surface area contributed by atoms with Gasteiger partial charge in [-0.2, -0.15) is 0 Å². The number of nitrogens with zero attached hydrogens (tertiary/aromatic N) is 2. The van der Waals surface area contributed by atoms with Gasteiger partial charge in [0.15, 0.2) is 6.04 Å². The molecule has 174 valence electrons. The van der Waals surface area contributed by atoms with Crippen LogP contribution in [0.15, 0.2) is 60.9 Å². The fourth-order valence-electron chi connectivity index (χ4n) is 3.79. The molecular formula is C24H22N4O6. The summed E-state index contributed by atoms with van der Waals surface area (Å²) in [7, 11) is 0. The molecule has 1 atom stereocenters. The van der Waals surface area contributed by atoms with Gasteiger partial charge in [-0.3, -0.25) is 4.79 Å². The monoisotopic (exact) mass is 462 g/mol. The molecule has 4 rings (SSSR count). The molecule has 1 aliphatic carbocycles. The summed E-state index contributed by atoms with van der Waals surface area (Å²) in [5, 5.41) is 22.6. The molecule has 1 heterocycles. The number of fused-ring (bicyclic) bond motifs is 3. The Kier molecular flexibility index (Phi) is 6.79. The van der Waals surface area contributed by atoms with Gasteiger partial charge in [-0.15, -0.1) is 0 Å². The molecule has 0 spiro atoms. The molecule has 3 aromatic rings. The van der Waals surface area contributed by atoms with E-state index in [1.165, 1.54) is 12.4 Å². The third-order valence-corrected chi connectivity index (χ3v) is 5.49. The van der Waals surface area contributed by atoms with Gasteiger partial charge in [0.25, 0.3) is 5.91 Å². The lowest BCUT2D eigenvalue weighted by molar-refractivity contribution is -0.140. The number of carboxylic acids is 1. The van der Waals surface area contributed by atoms with Gasteiger partial charge in [0.2, 0.25) is 0 Å². The van der Waals surface area contributed by atoms with Crippen molar-refractivity contribution in [3.05, 3.63) is 83.4 Å². The van der Waals surface area contributed by atoms with Crippen LogP contribution in [0.2, 0.25) is 0 Å². The summed E-state index contributed by atoms with van der Waals surface area (Å²) in [4.78, 5) is 43.2. The number of alkyl carbamates (subject to hydrolysis) is 1. The highest BCUT2D eigenvalue weighted by molar-refractivity contribution is 5.96. The fourth-order valence-corrected chi connectivity index (χ4v) is 3.79. The van der Waals surface area contributed by atoms with Crippen LogP contribution < -0.4 is 10.6 Å². The first-order chi connectivity index (χ1) is 16.5. The fraction of sp³-hybridized carbons (Fsp3) is 0.208. The molecule has 2 amide bonds. The number of aliphatic hydroxyl groups excluding tert-OH is 1. The zero-order valence-electron chi connectivity index (χ0n) is 18.0. The summed E-state index contributed by atoms with van der Waals surface area (Å²) < 4.78 is 5.45. The molecule has 0 unspecified atom stereocenters. The van der Waals surface area contributed by atoms with Gasteiger partial charge in [0, 0.05) is 18.3 Å². The number of benzene rings is 2. The molecule has 34 heavy (non-hydrogen) atoms. The highest BCUT2D eigenvalue weighted by atomic mass is 16.5. The van der Waals surface area contributed by atoms with Crippen molar-refractivity contribution >= 4 is 18.0 Å². The van der Waals surface area contributed by atoms with E-state index >= 15 is 0 Å². The Morgan fingerprint density at radius 1 is 0.971 bits per heavy atom. The number of ether oxygens (including phenoxy) is 1. The van der Waals surface area contributed by atoms with Crippen molar-refractivity contribution in [2.75, 3.05) is 13.2 Å². The lowest BCUT2D eigenvalue weighted by Gasteiger charge is -2.14. The minimum absolute atomic E-state index is 0.0181. The van der Waals surface area contributed by atoms with E-state index in [1.807, 2.05) is 36.4 Å². The lowest BCUT2D eigenvalue weighted by atomic mass is 9.98. The molecule has 0 bridgehead atoms. The smallest absolute Gasteiger partial charge is 0.407 e. The maximum absolute atomic E-state index is 12.3. The summed E-state index contributed by atoms with van der Waals surface area (Å²) in [6.07, 6.45) is 1.78. The third kappa shape index (κ3) is 4.86. The van der Waals surface area contributed by atoms with E-state index in [0.717, 1.165) is 22.3 Å². The van der Waals surface area contributed by atoms with Gasteiger partial charge < -0.3 is 25.6 Å². The van der Waals surface area contributed by atoms with Gasteiger partial charge in [-0.25, -0.2) is 19.6 Å². The molecule has 10 heteroatoms. The Bertz CT molecular complexity index is 1170. The van der Waals surface area contributed by atoms with E-state index < -0.39 is 30.6 Å². The Labute approximate surface area is 194 Å². The number of hydrogen-bond donors (Lipinski definition) is 4. The van der Waals surface area contributed by atoms with E-state index in [-0.39, 0.29) is 30.5 Å². The highest BCUT2D eigenvalue weighted by Gasteiger charge is 2.29. The number of carbonyl (C=O) groups is 3. The van der Waals surface area contributed by atoms with Crippen LogP contribution in [0.3, 0.4) is 0 Å². The van der Waals surface area contributed by atoms with Gasteiger partial charge in [0.05, 0.1) is 18.7 Å². The van der Waals surface area contributed by atoms with Crippen molar-refractivity contribution in [1.82, 2.24) is 20.6 Å². The third-order valence-electron chi connectivity index (χ3n) is 5.49. The van der Waals surface area contributed by atoms with Crippen LogP contribution in [0.25, 0.3) is 11.1 Å². The normalized spacial score (nSPS) is 12.9. The summed E-state index contributed by atoms with van der Waals surface area (Å²) in [5.41, 5.74) is 4.52. The quantitative estimate of drug-likeness (QED) is 0.395. The lowest BCUT2D eigenvalue weighted by Crippen LogP contribution is -2.43. The zero-order chi connectivity index (χ0) is 24.1. The number of carboxylic acid groups (broad SMARTS) is 1.